The van der Waals surface area contributed by atoms with Crippen molar-refractivity contribution >= 4 is 23.2 Å². The monoisotopic (exact) mass is 501 g/mol. The van der Waals surface area contributed by atoms with Crippen LogP contribution in [0.5, 0.6) is 0 Å². The molecule has 188 valence electrons. The summed E-state index contributed by atoms with van der Waals surface area (Å²) in [6.07, 6.45) is -4.45. The number of aromatic nitrogens is 1. The predicted octanol–water partition coefficient (Wildman–Crippen LogP) is 4.46. The summed E-state index contributed by atoms with van der Waals surface area (Å²) in [7, 11) is 1.66. The van der Waals surface area contributed by atoms with Crippen molar-refractivity contribution in [3.05, 3.63) is 89.0 Å². The molecule has 10 heteroatoms. The maximum atomic E-state index is 13.4. The van der Waals surface area contributed by atoms with E-state index in [9.17, 15) is 32.3 Å². The number of carbonyl (C=O) groups excluding carboxylic acids is 2. The molecule has 3 aromatic rings. The van der Waals surface area contributed by atoms with Crippen LogP contribution in [-0.2, 0) is 28.6 Å². The summed E-state index contributed by atoms with van der Waals surface area (Å²) in [5.41, 5.74) is 1.67. The van der Waals surface area contributed by atoms with Crippen LogP contribution in [0.1, 0.15) is 34.9 Å². The van der Waals surface area contributed by atoms with Gasteiger partial charge in [-0.05, 0) is 60.0 Å². The van der Waals surface area contributed by atoms with E-state index < -0.39 is 29.6 Å². The third-order valence-electron chi connectivity index (χ3n) is 6.15. The molecule has 0 bridgehead atoms. The quantitative estimate of drug-likeness (QED) is 0.507. The second kappa shape index (κ2) is 10.1. The highest BCUT2D eigenvalue weighted by molar-refractivity contribution is 5.99. The van der Waals surface area contributed by atoms with Gasteiger partial charge in [-0.2, -0.15) is 13.2 Å². The smallest absolute Gasteiger partial charge is 0.378 e. The highest BCUT2D eigenvalue weighted by Gasteiger charge is 2.31. The van der Waals surface area contributed by atoms with Gasteiger partial charge in [-0.15, -0.1) is 0 Å². The van der Waals surface area contributed by atoms with Gasteiger partial charge < -0.3 is 14.9 Å². The normalized spacial score (nSPS) is 14.4. The SMILES string of the molecule is CN1C(=O)CCc2cc(N(CCc3ccc(C(F)(F)F)cn3)C(=O)[C@H](O)c3ccc(F)cc3)ccc21. The molecule has 1 aliphatic rings. The van der Waals surface area contributed by atoms with E-state index in [1.165, 1.54) is 28.0 Å². The first kappa shape index (κ1) is 25.3. The van der Waals surface area contributed by atoms with E-state index in [4.69, 9.17) is 0 Å². The highest BCUT2D eigenvalue weighted by Crippen LogP contribution is 2.32. The molecular formula is C26H23F4N3O3. The van der Waals surface area contributed by atoms with Crippen LogP contribution >= 0.6 is 0 Å². The van der Waals surface area contributed by atoms with Crippen LogP contribution in [0, 0.1) is 5.82 Å². The van der Waals surface area contributed by atoms with Crippen molar-refractivity contribution in [3.8, 4) is 0 Å². The van der Waals surface area contributed by atoms with Gasteiger partial charge in [-0.25, -0.2) is 4.39 Å². The molecule has 36 heavy (non-hydrogen) atoms. The molecule has 0 spiro atoms. The third kappa shape index (κ3) is 5.38. The average molecular weight is 501 g/mol. The summed E-state index contributed by atoms with van der Waals surface area (Å²) >= 11 is 0. The van der Waals surface area contributed by atoms with Crippen molar-refractivity contribution in [3.63, 3.8) is 0 Å². The molecule has 1 aromatic heterocycles. The second-order valence-electron chi connectivity index (χ2n) is 8.50. The Morgan fingerprint density at radius 3 is 2.47 bits per heavy atom. The molecule has 2 heterocycles. The largest absolute Gasteiger partial charge is 0.417 e. The first-order valence-corrected chi connectivity index (χ1v) is 11.2. The Labute approximate surface area is 204 Å². The summed E-state index contributed by atoms with van der Waals surface area (Å²) in [4.78, 5) is 32.1. The Bertz CT molecular complexity index is 1260. The molecule has 0 aliphatic carbocycles. The molecule has 2 amide bonds. The molecule has 0 unspecified atom stereocenters. The van der Waals surface area contributed by atoms with Gasteiger partial charge in [0.1, 0.15) is 5.82 Å². The zero-order valence-corrected chi connectivity index (χ0v) is 19.3. The lowest BCUT2D eigenvalue weighted by Crippen LogP contribution is -2.37. The number of rotatable bonds is 6. The number of nitrogens with zero attached hydrogens (tertiary/aromatic N) is 3. The molecule has 1 atom stereocenters. The van der Waals surface area contributed by atoms with E-state index in [2.05, 4.69) is 4.98 Å². The van der Waals surface area contributed by atoms with Gasteiger partial charge in [0.2, 0.25) is 5.91 Å². The number of hydrogen-bond donors (Lipinski definition) is 1. The van der Waals surface area contributed by atoms with Crippen molar-refractivity contribution < 1.29 is 32.3 Å². The third-order valence-corrected chi connectivity index (χ3v) is 6.15. The molecule has 6 nitrogen and oxygen atoms in total. The number of anilines is 2. The van der Waals surface area contributed by atoms with Gasteiger partial charge in [0, 0.05) is 49.7 Å². The maximum absolute atomic E-state index is 13.4. The van der Waals surface area contributed by atoms with Gasteiger partial charge in [-0.3, -0.25) is 14.6 Å². The van der Waals surface area contributed by atoms with E-state index in [0.717, 1.165) is 30.0 Å². The van der Waals surface area contributed by atoms with Crippen LogP contribution < -0.4 is 9.80 Å². The Kier molecular flexibility index (Phi) is 7.07. The van der Waals surface area contributed by atoms with E-state index in [1.54, 1.807) is 25.2 Å². The molecule has 0 radical (unpaired) electrons. The fourth-order valence-corrected chi connectivity index (χ4v) is 4.08. The minimum absolute atomic E-state index is 0.0169. The molecule has 1 aliphatic heterocycles. The van der Waals surface area contributed by atoms with Gasteiger partial charge in [-0.1, -0.05) is 12.1 Å². The van der Waals surface area contributed by atoms with Crippen LogP contribution in [0.25, 0.3) is 0 Å². The van der Waals surface area contributed by atoms with Gasteiger partial charge in [0.25, 0.3) is 5.91 Å². The van der Waals surface area contributed by atoms with E-state index in [-0.39, 0.29) is 24.4 Å². The molecule has 0 fully saturated rings. The van der Waals surface area contributed by atoms with Crippen molar-refractivity contribution in [2.45, 2.75) is 31.5 Å². The highest BCUT2D eigenvalue weighted by atomic mass is 19.4. The van der Waals surface area contributed by atoms with Crippen LogP contribution in [-0.4, -0.2) is 35.5 Å². The second-order valence-corrected chi connectivity index (χ2v) is 8.50. The number of aliphatic hydroxyl groups is 1. The maximum Gasteiger partial charge on any atom is 0.417 e. The summed E-state index contributed by atoms with van der Waals surface area (Å²) in [6.45, 7) is 0.0169. The predicted molar refractivity (Wildman–Crippen MR) is 125 cm³/mol. The van der Waals surface area contributed by atoms with E-state index in [0.29, 0.717) is 29.9 Å². The number of fused-ring (bicyclic) bond motifs is 1. The molecular weight excluding hydrogens is 478 g/mol. The summed E-state index contributed by atoms with van der Waals surface area (Å²) in [5, 5.41) is 10.7. The zero-order chi connectivity index (χ0) is 26.0. The first-order chi connectivity index (χ1) is 17.0. The number of carbonyl (C=O) groups is 2. The first-order valence-electron chi connectivity index (χ1n) is 11.2. The van der Waals surface area contributed by atoms with E-state index in [1.807, 2.05) is 0 Å². The average Bonchev–Trinajstić information content (AvgIpc) is 2.86. The zero-order valence-electron chi connectivity index (χ0n) is 19.3. The topological polar surface area (TPSA) is 73.7 Å². The number of aryl methyl sites for hydroxylation is 1. The summed E-state index contributed by atoms with van der Waals surface area (Å²) in [6, 6.07) is 12.2. The van der Waals surface area contributed by atoms with Crippen molar-refractivity contribution in [1.29, 1.82) is 0 Å². The fraction of sp³-hybridized carbons (Fsp3) is 0.269. The lowest BCUT2D eigenvalue weighted by atomic mass is 10.00. The number of amides is 2. The van der Waals surface area contributed by atoms with Crippen LogP contribution in [0.2, 0.25) is 0 Å². The number of halogens is 4. The number of alkyl halides is 3. The minimum atomic E-state index is -4.51. The van der Waals surface area contributed by atoms with Crippen LogP contribution in [0.15, 0.2) is 60.8 Å². The molecule has 0 saturated carbocycles. The molecule has 2 aromatic carbocycles. The number of hydrogen-bond acceptors (Lipinski definition) is 4. The molecule has 1 N–H and O–H groups in total. The standard InChI is InChI=1S/C26H23F4N3O3/c1-32-22-10-9-21(14-17(22)4-11-23(32)34)33(25(36)24(35)16-2-6-19(27)7-3-16)13-12-20-8-5-18(15-31-20)26(28,29)30/h2-3,5-10,14-15,24,35H,4,11-13H2,1H3/t24-/m1/s1. The van der Waals surface area contributed by atoms with Crippen LogP contribution in [0.3, 0.4) is 0 Å². The molecule has 4 rings (SSSR count). The Balaban J connectivity index is 1.63. The Hall–Kier alpha value is -3.79. The fourth-order valence-electron chi connectivity index (χ4n) is 4.08. The lowest BCUT2D eigenvalue weighted by Gasteiger charge is -2.30. The summed E-state index contributed by atoms with van der Waals surface area (Å²) < 4.78 is 51.9. The number of aliphatic hydroxyl groups excluding tert-OH is 1. The van der Waals surface area contributed by atoms with Gasteiger partial charge in [0.05, 0.1) is 5.56 Å². The minimum Gasteiger partial charge on any atom is -0.378 e. The van der Waals surface area contributed by atoms with Crippen molar-refractivity contribution in [2.75, 3.05) is 23.4 Å². The van der Waals surface area contributed by atoms with E-state index >= 15 is 0 Å². The molecule has 0 saturated heterocycles. The Morgan fingerprint density at radius 2 is 1.83 bits per heavy atom. The number of benzene rings is 2. The van der Waals surface area contributed by atoms with Crippen molar-refractivity contribution in [1.82, 2.24) is 4.98 Å². The summed E-state index contributed by atoms with van der Waals surface area (Å²) in [5.74, 6) is -1.23. The van der Waals surface area contributed by atoms with Crippen molar-refractivity contribution in [2.24, 2.45) is 0 Å². The van der Waals surface area contributed by atoms with Crippen LogP contribution in [0.4, 0.5) is 28.9 Å². The Morgan fingerprint density at radius 1 is 1.11 bits per heavy atom. The van der Waals surface area contributed by atoms with Gasteiger partial charge in [0.15, 0.2) is 6.10 Å². The van der Waals surface area contributed by atoms with Gasteiger partial charge >= 0.3 is 6.18 Å². The number of pyridine rings is 1. The lowest BCUT2D eigenvalue weighted by molar-refractivity contribution is -0.137.